The van der Waals surface area contributed by atoms with Crippen LogP contribution in [0.5, 0.6) is 0 Å². The van der Waals surface area contributed by atoms with E-state index in [0.29, 0.717) is 12.8 Å². The van der Waals surface area contributed by atoms with E-state index in [-0.39, 0.29) is 59.8 Å². The van der Waals surface area contributed by atoms with Gasteiger partial charge in [0.05, 0.1) is 12.4 Å². The van der Waals surface area contributed by atoms with Crippen LogP contribution in [0.3, 0.4) is 0 Å². The summed E-state index contributed by atoms with van der Waals surface area (Å²) in [6.45, 7) is 14.2. The maximum Gasteiger partial charge on any atom is 0.312 e. The Morgan fingerprint density at radius 1 is 1.28 bits per heavy atom. The van der Waals surface area contributed by atoms with E-state index in [1.165, 1.54) is 6.33 Å². The molecule has 1 amide bonds. The fourth-order valence-corrected chi connectivity index (χ4v) is 5.42. The summed E-state index contributed by atoms with van der Waals surface area (Å²) >= 11 is 0. The summed E-state index contributed by atoms with van der Waals surface area (Å²) in [6.07, 6.45) is 8.14. The fourth-order valence-electron chi connectivity index (χ4n) is 4.07. The minimum atomic E-state index is -2.34. The number of amides is 1. The minimum Gasteiger partial charge on any atom is -0.461 e. The lowest BCUT2D eigenvalue weighted by Crippen LogP contribution is -2.52. The second kappa shape index (κ2) is 12.1. The molecule has 1 aliphatic heterocycles. The molecule has 0 spiro atoms. The first-order valence-corrected chi connectivity index (χ1v) is 16.4. The van der Waals surface area contributed by atoms with Gasteiger partial charge in [-0.2, -0.15) is 14.4 Å². The summed E-state index contributed by atoms with van der Waals surface area (Å²) in [5.41, 5.74) is -1.02. The number of aromatic nitrogens is 4. The van der Waals surface area contributed by atoms with E-state index >= 15 is 0 Å². The molecule has 1 saturated heterocycles. The van der Waals surface area contributed by atoms with Crippen LogP contribution in [0.25, 0.3) is 11.2 Å². The molecule has 3 heterocycles. The summed E-state index contributed by atoms with van der Waals surface area (Å²) in [4.78, 5) is 36.6. The molecule has 2 aromatic rings. The highest BCUT2D eigenvalue weighted by molar-refractivity contribution is 6.74. The Hall–Kier alpha value is -2.88. The third kappa shape index (κ3) is 6.83. The van der Waals surface area contributed by atoms with Gasteiger partial charge in [0.25, 0.3) is 0 Å². The van der Waals surface area contributed by atoms with Crippen molar-refractivity contribution in [2.45, 2.75) is 109 Å². The highest BCUT2D eigenvalue weighted by Gasteiger charge is 2.54. The van der Waals surface area contributed by atoms with Crippen molar-refractivity contribution in [1.29, 1.82) is 0 Å². The number of halogens is 1. The van der Waals surface area contributed by atoms with Crippen molar-refractivity contribution < 1.29 is 27.9 Å². The number of carbonyl (C=O) groups excluding carboxylic acids is 2. The molecule has 1 N–H and O–H groups in total. The molecular formula is C27H40FN5O5Si. The second-order valence-electron chi connectivity index (χ2n) is 11.4. The van der Waals surface area contributed by atoms with Gasteiger partial charge in [-0.15, -0.1) is 6.42 Å². The number of hydrogen-bond donors (Lipinski definition) is 1. The molecule has 0 radical (unpaired) electrons. The Kier molecular flexibility index (Phi) is 9.51. The quantitative estimate of drug-likeness (QED) is 0.174. The lowest BCUT2D eigenvalue weighted by molar-refractivity contribution is -0.156. The summed E-state index contributed by atoms with van der Waals surface area (Å²) in [6, 6.07) is 0. The van der Waals surface area contributed by atoms with E-state index < -0.39 is 32.3 Å². The molecule has 1 unspecified atom stereocenters. The molecule has 214 valence electrons. The fraction of sp³-hybridized carbons (Fsp3) is 0.667. The molecule has 3 atom stereocenters. The summed E-state index contributed by atoms with van der Waals surface area (Å²) in [7, 11) is -2.34. The van der Waals surface area contributed by atoms with Gasteiger partial charge in [-0.1, -0.05) is 47.0 Å². The number of nitrogens with one attached hydrogen (secondary N) is 1. The van der Waals surface area contributed by atoms with Crippen LogP contribution in [0, 0.1) is 18.4 Å². The van der Waals surface area contributed by atoms with Gasteiger partial charge >= 0.3 is 12.0 Å². The first-order valence-electron chi connectivity index (χ1n) is 13.5. The largest absolute Gasteiger partial charge is 0.461 e. The lowest BCUT2D eigenvalue weighted by atomic mass is 9.99. The van der Waals surface area contributed by atoms with E-state index in [0.717, 1.165) is 6.42 Å². The normalized spacial score (nSPS) is 21.6. The van der Waals surface area contributed by atoms with Crippen LogP contribution in [0.2, 0.25) is 18.1 Å². The summed E-state index contributed by atoms with van der Waals surface area (Å²) in [5, 5.41) is 2.49. The zero-order chi connectivity index (χ0) is 29.0. The first-order chi connectivity index (χ1) is 18.3. The van der Waals surface area contributed by atoms with Crippen molar-refractivity contribution in [1.82, 2.24) is 19.5 Å². The van der Waals surface area contributed by atoms with E-state index in [2.05, 4.69) is 60.1 Å². The topological polar surface area (TPSA) is 117 Å². The number of esters is 1. The number of hydrogen-bond acceptors (Lipinski definition) is 8. The molecule has 0 aromatic carbocycles. The molecule has 0 bridgehead atoms. The SMILES string of the molecule is C#C[C@]1(COC(=O)CCCC)O[C@@H](n2cnc3c(NC(=O)CCC)nc(F)nc32)CC1O[Si](C)(C)C(C)(C)C. The standard InChI is InChI=1S/C27H40FN5O5Si/c1-9-12-14-21(35)36-16-27(11-3)18(38-39(7,8)26(4,5)6)15-20(37-27)33-17-29-22-23(30-19(34)13-10-2)31-25(28)32-24(22)33/h3,17-18,20H,9-10,12-16H2,1-2,4-8H3,(H,30,31,32,34)/t18?,20-,27-/m1/s1. The van der Waals surface area contributed by atoms with Gasteiger partial charge in [-0.05, 0) is 31.0 Å². The van der Waals surface area contributed by atoms with Crippen LogP contribution < -0.4 is 5.32 Å². The van der Waals surface area contributed by atoms with E-state index in [4.69, 9.17) is 20.3 Å². The summed E-state index contributed by atoms with van der Waals surface area (Å²) < 4.78 is 34.8. The Balaban J connectivity index is 1.99. The number of imidazole rings is 1. The Bertz CT molecular complexity index is 1240. The van der Waals surface area contributed by atoms with Crippen molar-refractivity contribution in [3.8, 4) is 12.3 Å². The third-order valence-corrected chi connectivity index (χ3v) is 11.9. The van der Waals surface area contributed by atoms with Gasteiger partial charge in [-0.25, -0.2) is 4.98 Å². The number of rotatable bonds is 11. The first kappa shape index (κ1) is 30.7. The van der Waals surface area contributed by atoms with Crippen molar-refractivity contribution in [2.75, 3.05) is 11.9 Å². The van der Waals surface area contributed by atoms with Crippen LogP contribution in [0.1, 0.15) is 79.4 Å². The average Bonchev–Trinajstić information content (AvgIpc) is 3.42. The molecule has 39 heavy (non-hydrogen) atoms. The number of fused-ring (bicyclic) bond motifs is 1. The van der Waals surface area contributed by atoms with E-state index in [1.807, 2.05) is 13.8 Å². The number of nitrogens with zero attached hydrogens (tertiary/aromatic N) is 4. The molecule has 1 aliphatic rings. The van der Waals surface area contributed by atoms with Crippen molar-refractivity contribution in [3.63, 3.8) is 0 Å². The number of carbonyl (C=O) groups is 2. The van der Waals surface area contributed by atoms with Crippen molar-refractivity contribution >= 4 is 37.2 Å². The van der Waals surface area contributed by atoms with Gasteiger partial charge in [0.1, 0.15) is 12.8 Å². The predicted octanol–water partition coefficient (Wildman–Crippen LogP) is 5.12. The van der Waals surface area contributed by atoms with Crippen LogP contribution >= 0.6 is 0 Å². The monoisotopic (exact) mass is 561 g/mol. The van der Waals surface area contributed by atoms with Crippen molar-refractivity contribution in [2.24, 2.45) is 0 Å². The number of unbranched alkanes of at least 4 members (excludes halogenated alkanes) is 1. The number of ether oxygens (including phenoxy) is 2. The number of terminal acetylenes is 1. The lowest BCUT2D eigenvalue weighted by Gasteiger charge is -2.41. The van der Waals surface area contributed by atoms with E-state index in [1.54, 1.807) is 4.57 Å². The zero-order valence-corrected chi connectivity index (χ0v) is 25.0. The smallest absolute Gasteiger partial charge is 0.312 e. The van der Waals surface area contributed by atoms with Crippen LogP contribution in [-0.2, 0) is 23.5 Å². The highest BCUT2D eigenvalue weighted by atomic mass is 28.4. The van der Waals surface area contributed by atoms with Gasteiger partial charge in [0, 0.05) is 19.3 Å². The number of anilines is 1. The third-order valence-electron chi connectivity index (χ3n) is 7.39. The second-order valence-corrected chi connectivity index (χ2v) is 16.2. The van der Waals surface area contributed by atoms with E-state index in [9.17, 15) is 14.0 Å². The van der Waals surface area contributed by atoms with Gasteiger partial charge in [0.15, 0.2) is 30.9 Å². The maximum absolute atomic E-state index is 14.5. The molecular weight excluding hydrogens is 521 g/mol. The highest BCUT2D eigenvalue weighted by Crippen LogP contribution is 2.45. The molecule has 10 nitrogen and oxygen atoms in total. The minimum absolute atomic E-state index is 0.0187. The Labute approximate surface area is 230 Å². The predicted molar refractivity (Wildman–Crippen MR) is 148 cm³/mol. The molecule has 0 saturated carbocycles. The van der Waals surface area contributed by atoms with Gasteiger partial charge < -0.3 is 19.2 Å². The van der Waals surface area contributed by atoms with Crippen LogP contribution in [0.4, 0.5) is 10.2 Å². The molecule has 2 aromatic heterocycles. The van der Waals surface area contributed by atoms with Crippen molar-refractivity contribution in [3.05, 3.63) is 12.4 Å². The maximum atomic E-state index is 14.5. The zero-order valence-electron chi connectivity index (χ0n) is 24.0. The van der Waals surface area contributed by atoms with Crippen LogP contribution in [-0.4, -0.2) is 58.0 Å². The van der Waals surface area contributed by atoms with Gasteiger partial charge in [-0.3, -0.25) is 14.2 Å². The average molecular weight is 562 g/mol. The molecule has 1 fully saturated rings. The molecule has 0 aliphatic carbocycles. The Morgan fingerprint density at radius 3 is 2.62 bits per heavy atom. The summed E-state index contributed by atoms with van der Waals surface area (Å²) in [5.74, 6) is 2.03. The molecule has 12 heteroatoms. The molecule has 3 rings (SSSR count). The van der Waals surface area contributed by atoms with Gasteiger partial charge in [0.2, 0.25) is 5.91 Å². The van der Waals surface area contributed by atoms with Crippen LogP contribution in [0.15, 0.2) is 6.33 Å². The Morgan fingerprint density at radius 2 is 2.00 bits per heavy atom.